The first kappa shape index (κ1) is 13.8. The molecule has 0 bridgehead atoms. The summed E-state index contributed by atoms with van der Waals surface area (Å²) >= 11 is 1.69. The first-order valence-electron chi connectivity index (χ1n) is 6.45. The number of aromatic nitrogens is 2. The van der Waals surface area contributed by atoms with Crippen LogP contribution in [0.4, 0.5) is 5.82 Å². The zero-order valence-corrected chi connectivity index (χ0v) is 12.4. The van der Waals surface area contributed by atoms with Crippen LogP contribution in [0.15, 0.2) is 17.5 Å². The minimum atomic E-state index is 0.558. The van der Waals surface area contributed by atoms with Crippen molar-refractivity contribution in [2.75, 3.05) is 11.9 Å². The lowest BCUT2D eigenvalue weighted by Crippen LogP contribution is -2.08. The van der Waals surface area contributed by atoms with Gasteiger partial charge in [-0.15, -0.1) is 11.3 Å². The second-order valence-corrected chi connectivity index (χ2v) is 5.38. The van der Waals surface area contributed by atoms with Crippen LogP contribution in [0.1, 0.15) is 29.6 Å². The van der Waals surface area contributed by atoms with Crippen molar-refractivity contribution >= 4 is 17.2 Å². The van der Waals surface area contributed by atoms with Crippen molar-refractivity contribution in [1.29, 1.82) is 0 Å². The molecule has 2 rings (SSSR count). The van der Waals surface area contributed by atoms with Gasteiger partial charge in [-0.05, 0) is 31.7 Å². The van der Waals surface area contributed by atoms with Crippen molar-refractivity contribution in [3.05, 3.63) is 33.8 Å². The van der Waals surface area contributed by atoms with Crippen LogP contribution in [0.5, 0.6) is 5.88 Å². The van der Waals surface area contributed by atoms with Crippen molar-refractivity contribution in [1.82, 2.24) is 9.97 Å². The highest BCUT2D eigenvalue weighted by molar-refractivity contribution is 7.09. The summed E-state index contributed by atoms with van der Waals surface area (Å²) in [6.45, 7) is 7.46. The van der Waals surface area contributed by atoms with Crippen molar-refractivity contribution in [2.45, 2.75) is 33.8 Å². The molecule has 4 nitrogen and oxygen atoms in total. The monoisotopic (exact) mass is 277 g/mol. The van der Waals surface area contributed by atoms with Crippen molar-refractivity contribution in [3.8, 4) is 5.88 Å². The average molecular weight is 277 g/mol. The van der Waals surface area contributed by atoms with Gasteiger partial charge in [0.15, 0.2) is 0 Å². The predicted octanol–water partition coefficient (Wildman–Crippen LogP) is 3.56. The Balaban J connectivity index is 2.12. The van der Waals surface area contributed by atoms with E-state index in [1.54, 1.807) is 11.3 Å². The number of nitrogens with zero attached hydrogens (tertiary/aromatic N) is 2. The maximum atomic E-state index is 5.80. The van der Waals surface area contributed by atoms with E-state index in [-0.39, 0.29) is 0 Å². The summed E-state index contributed by atoms with van der Waals surface area (Å²) in [6.07, 6.45) is 1.06. The van der Waals surface area contributed by atoms with Crippen molar-refractivity contribution < 1.29 is 4.74 Å². The summed E-state index contributed by atoms with van der Waals surface area (Å²) in [4.78, 5) is 9.98. The van der Waals surface area contributed by atoms with E-state index < -0.39 is 0 Å². The lowest BCUT2D eigenvalue weighted by atomic mass is 10.3. The summed E-state index contributed by atoms with van der Waals surface area (Å²) < 4.78 is 5.80. The standard InChI is InChI=1S/C14H19N3OS/c1-4-7-15-13-10(2)14(17-11(3)16-13)18-9-12-6-5-8-19-12/h5-6,8H,4,7,9H2,1-3H3,(H,15,16,17). The van der Waals surface area contributed by atoms with Crippen LogP contribution in [0, 0.1) is 13.8 Å². The van der Waals surface area contributed by atoms with Gasteiger partial charge in [-0.25, -0.2) is 4.98 Å². The Morgan fingerprint density at radius 3 is 2.84 bits per heavy atom. The molecule has 2 aromatic rings. The zero-order chi connectivity index (χ0) is 13.7. The van der Waals surface area contributed by atoms with Crippen LogP contribution >= 0.6 is 11.3 Å². The van der Waals surface area contributed by atoms with Gasteiger partial charge in [0.1, 0.15) is 18.2 Å². The second-order valence-electron chi connectivity index (χ2n) is 4.34. The molecule has 0 amide bonds. The third kappa shape index (κ3) is 3.67. The van der Waals surface area contributed by atoms with E-state index in [0.29, 0.717) is 12.5 Å². The van der Waals surface area contributed by atoms with Gasteiger partial charge in [0.05, 0.1) is 5.56 Å². The van der Waals surface area contributed by atoms with E-state index >= 15 is 0 Å². The number of ether oxygens (including phenoxy) is 1. The zero-order valence-electron chi connectivity index (χ0n) is 11.6. The number of hydrogen-bond donors (Lipinski definition) is 1. The van der Waals surface area contributed by atoms with Crippen LogP contribution < -0.4 is 10.1 Å². The van der Waals surface area contributed by atoms with Gasteiger partial charge in [0.25, 0.3) is 0 Å². The van der Waals surface area contributed by atoms with Gasteiger partial charge in [0.2, 0.25) is 5.88 Å². The largest absolute Gasteiger partial charge is 0.472 e. The SMILES string of the molecule is CCCNc1nc(C)nc(OCc2cccs2)c1C. The molecule has 0 saturated heterocycles. The van der Waals surface area contributed by atoms with Gasteiger partial charge in [0, 0.05) is 11.4 Å². The van der Waals surface area contributed by atoms with E-state index in [1.807, 2.05) is 25.3 Å². The molecule has 102 valence electrons. The number of hydrogen-bond acceptors (Lipinski definition) is 5. The molecule has 5 heteroatoms. The first-order chi connectivity index (χ1) is 9.20. The fourth-order valence-electron chi connectivity index (χ4n) is 1.69. The summed E-state index contributed by atoms with van der Waals surface area (Å²) in [5.41, 5.74) is 0.968. The quantitative estimate of drug-likeness (QED) is 0.877. The first-order valence-corrected chi connectivity index (χ1v) is 7.33. The number of nitrogens with one attached hydrogen (secondary N) is 1. The molecular weight excluding hydrogens is 258 g/mol. The molecule has 0 unspecified atom stereocenters. The third-order valence-electron chi connectivity index (χ3n) is 2.69. The predicted molar refractivity (Wildman–Crippen MR) is 78.9 cm³/mol. The topological polar surface area (TPSA) is 47.0 Å². The molecule has 0 aromatic carbocycles. The normalized spacial score (nSPS) is 10.5. The van der Waals surface area contributed by atoms with Crippen molar-refractivity contribution in [2.24, 2.45) is 0 Å². The minimum absolute atomic E-state index is 0.558. The fraction of sp³-hybridized carbons (Fsp3) is 0.429. The molecule has 0 fully saturated rings. The third-order valence-corrected chi connectivity index (χ3v) is 3.54. The van der Waals surface area contributed by atoms with Crippen LogP contribution in [-0.2, 0) is 6.61 Å². The Bertz CT molecular complexity index is 526. The highest BCUT2D eigenvalue weighted by Crippen LogP contribution is 2.23. The molecule has 0 radical (unpaired) electrons. The maximum absolute atomic E-state index is 5.80. The maximum Gasteiger partial charge on any atom is 0.222 e. The highest BCUT2D eigenvalue weighted by atomic mass is 32.1. The molecule has 0 aliphatic carbocycles. The number of anilines is 1. The van der Waals surface area contributed by atoms with E-state index in [1.165, 1.54) is 4.88 Å². The summed E-state index contributed by atoms with van der Waals surface area (Å²) in [7, 11) is 0. The fourth-order valence-corrected chi connectivity index (χ4v) is 2.31. The summed E-state index contributed by atoms with van der Waals surface area (Å²) in [6, 6.07) is 4.08. The van der Waals surface area contributed by atoms with Gasteiger partial charge in [-0.2, -0.15) is 4.98 Å². The molecule has 2 aromatic heterocycles. The second kappa shape index (κ2) is 6.52. The van der Waals surface area contributed by atoms with Gasteiger partial charge >= 0.3 is 0 Å². The van der Waals surface area contributed by atoms with E-state index in [4.69, 9.17) is 4.74 Å². The Labute approximate surface area is 117 Å². The molecule has 19 heavy (non-hydrogen) atoms. The van der Waals surface area contributed by atoms with Gasteiger partial charge < -0.3 is 10.1 Å². The average Bonchev–Trinajstić information content (AvgIpc) is 2.91. The molecule has 2 heterocycles. The molecule has 0 aliphatic rings. The van der Waals surface area contributed by atoms with Crippen LogP contribution in [0.2, 0.25) is 0 Å². The van der Waals surface area contributed by atoms with E-state index in [9.17, 15) is 0 Å². The summed E-state index contributed by atoms with van der Waals surface area (Å²) in [5, 5.41) is 5.36. The lowest BCUT2D eigenvalue weighted by molar-refractivity contribution is 0.294. The smallest absolute Gasteiger partial charge is 0.222 e. The Morgan fingerprint density at radius 2 is 2.16 bits per heavy atom. The van der Waals surface area contributed by atoms with Crippen LogP contribution in [0.25, 0.3) is 0 Å². The lowest BCUT2D eigenvalue weighted by Gasteiger charge is -2.12. The van der Waals surface area contributed by atoms with Crippen LogP contribution in [-0.4, -0.2) is 16.5 Å². The molecule has 1 N–H and O–H groups in total. The van der Waals surface area contributed by atoms with Crippen LogP contribution in [0.3, 0.4) is 0 Å². The Hall–Kier alpha value is -1.62. The Kier molecular flexibility index (Phi) is 4.74. The van der Waals surface area contributed by atoms with E-state index in [2.05, 4.69) is 28.3 Å². The highest BCUT2D eigenvalue weighted by Gasteiger charge is 2.10. The number of thiophene rings is 1. The molecule has 0 atom stereocenters. The van der Waals surface area contributed by atoms with Gasteiger partial charge in [-0.1, -0.05) is 13.0 Å². The Morgan fingerprint density at radius 1 is 1.32 bits per heavy atom. The molecular formula is C14H19N3OS. The molecule has 0 aliphatic heterocycles. The molecule has 0 saturated carbocycles. The summed E-state index contributed by atoms with van der Waals surface area (Å²) in [5.74, 6) is 2.26. The number of aryl methyl sites for hydroxylation is 1. The minimum Gasteiger partial charge on any atom is -0.472 e. The van der Waals surface area contributed by atoms with E-state index in [0.717, 1.165) is 30.2 Å². The number of rotatable bonds is 6. The molecule has 0 spiro atoms. The van der Waals surface area contributed by atoms with Crippen molar-refractivity contribution in [3.63, 3.8) is 0 Å². The van der Waals surface area contributed by atoms with Gasteiger partial charge in [-0.3, -0.25) is 0 Å².